The molecule has 5 heteroatoms. The van der Waals surface area contributed by atoms with Crippen LogP contribution in [0.2, 0.25) is 0 Å². The van der Waals surface area contributed by atoms with Crippen molar-refractivity contribution in [1.82, 2.24) is 0 Å². The van der Waals surface area contributed by atoms with E-state index >= 15 is 0 Å². The van der Waals surface area contributed by atoms with Crippen molar-refractivity contribution < 1.29 is 24.4 Å². The third kappa shape index (κ3) is 1.70. The normalized spacial score (nSPS) is 21.6. The van der Waals surface area contributed by atoms with Gasteiger partial charge in [0.25, 0.3) is 0 Å². The number of hydrogen-bond acceptors (Lipinski definition) is 5. The monoisotopic (exact) mass is 286 g/mol. The minimum atomic E-state index is -0.171. The third-order valence-corrected chi connectivity index (χ3v) is 4.05. The fourth-order valence-corrected chi connectivity index (χ4v) is 3.02. The molecule has 2 N–H and O–H groups in total. The molecular formula is C16H14O5. The highest BCUT2D eigenvalue weighted by Crippen LogP contribution is 2.53. The second-order valence-corrected chi connectivity index (χ2v) is 5.24. The zero-order valence-corrected chi connectivity index (χ0v) is 11.4. The predicted octanol–water partition coefficient (Wildman–Crippen LogP) is 2.72. The standard InChI is InChI=1S/C16H14O5/c1-19-15-5-10-11-7-20-13-4-8(17)2-3-9(13)16(11)21-14(10)6-12(15)18/h2-6,11,16-18H,7H2,1H3/t11-,16-/m0/s1. The summed E-state index contributed by atoms with van der Waals surface area (Å²) in [5, 5.41) is 19.4. The lowest BCUT2D eigenvalue weighted by molar-refractivity contribution is 0.139. The van der Waals surface area contributed by atoms with Crippen LogP contribution in [0.5, 0.6) is 28.7 Å². The van der Waals surface area contributed by atoms with E-state index in [1.807, 2.05) is 6.07 Å². The van der Waals surface area contributed by atoms with Crippen LogP contribution in [-0.4, -0.2) is 23.9 Å². The minimum absolute atomic E-state index is 0.0477. The van der Waals surface area contributed by atoms with E-state index < -0.39 is 0 Å². The molecule has 2 atom stereocenters. The van der Waals surface area contributed by atoms with Gasteiger partial charge in [0.1, 0.15) is 23.4 Å². The van der Waals surface area contributed by atoms with Crippen LogP contribution in [0.15, 0.2) is 30.3 Å². The highest BCUT2D eigenvalue weighted by atomic mass is 16.5. The molecule has 2 aromatic rings. The number of aromatic hydroxyl groups is 2. The quantitative estimate of drug-likeness (QED) is 0.843. The molecule has 0 spiro atoms. The maximum absolute atomic E-state index is 9.87. The Morgan fingerprint density at radius 1 is 1.10 bits per heavy atom. The lowest BCUT2D eigenvalue weighted by Gasteiger charge is -2.27. The molecule has 0 bridgehead atoms. The number of phenols is 2. The maximum Gasteiger partial charge on any atom is 0.161 e. The molecule has 0 aromatic heterocycles. The Bertz CT molecular complexity index is 725. The molecule has 4 rings (SSSR count). The van der Waals surface area contributed by atoms with Crippen molar-refractivity contribution in [2.24, 2.45) is 0 Å². The van der Waals surface area contributed by atoms with E-state index in [1.54, 1.807) is 24.3 Å². The van der Waals surface area contributed by atoms with Crippen LogP contribution in [0.3, 0.4) is 0 Å². The summed E-state index contributed by atoms with van der Waals surface area (Å²) in [7, 11) is 1.52. The van der Waals surface area contributed by atoms with E-state index in [-0.39, 0.29) is 23.5 Å². The summed E-state index contributed by atoms with van der Waals surface area (Å²) in [5.41, 5.74) is 1.87. The van der Waals surface area contributed by atoms with Gasteiger partial charge >= 0.3 is 0 Å². The summed E-state index contributed by atoms with van der Waals surface area (Å²) in [4.78, 5) is 0. The lowest BCUT2D eigenvalue weighted by atomic mass is 9.89. The van der Waals surface area contributed by atoms with Gasteiger partial charge in [-0.25, -0.2) is 0 Å². The van der Waals surface area contributed by atoms with Gasteiger partial charge in [0.05, 0.1) is 19.6 Å². The Balaban J connectivity index is 1.80. The first-order valence-electron chi connectivity index (χ1n) is 6.70. The average molecular weight is 286 g/mol. The van der Waals surface area contributed by atoms with Gasteiger partial charge < -0.3 is 24.4 Å². The molecule has 0 radical (unpaired) electrons. The highest BCUT2D eigenvalue weighted by molar-refractivity contribution is 5.56. The Kier molecular flexibility index (Phi) is 2.45. The van der Waals surface area contributed by atoms with Crippen LogP contribution in [0.1, 0.15) is 23.1 Å². The Hall–Kier alpha value is -2.56. The second kappa shape index (κ2) is 4.22. The summed E-state index contributed by atoms with van der Waals surface area (Å²) < 4.78 is 16.9. The summed E-state index contributed by atoms with van der Waals surface area (Å²) >= 11 is 0. The molecule has 0 aliphatic carbocycles. The zero-order chi connectivity index (χ0) is 14.6. The Morgan fingerprint density at radius 3 is 2.76 bits per heavy atom. The van der Waals surface area contributed by atoms with Crippen LogP contribution in [-0.2, 0) is 0 Å². The molecule has 2 aromatic carbocycles. The minimum Gasteiger partial charge on any atom is -0.508 e. The largest absolute Gasteiger partial charge is 0.508 e. The van der Waals surface area contributed by atoms with E-state index in [2.05, 4.69) is 0 Å². The molecular weight excluding hydrogens is 272 g/mol. The van der Waals surface area contributed by atoms with Gasteiger partial charge in [0, 0.05) is 23.3 Å². The van der Waals surface area contributed by atoms with Gasteiger partial charge in [-0.1, -0.05) is 0 Å². The van der Waals surface area contributed by atoms with Crippen LogP contribution in [0.25, 0.3) is 0 Å². The van der Waals surface area contributed by atoms with Crippen molar-refractivity contribution in [2.75, 3.05) is 13.7 Å². The number of fused-ring (bicyclic) bond motifs is 5. The summed E-state index contributed by atoms with van der Waals surface area (Å²) in [6, 6.07) is 8.39. The molecule has 0 saturated carbocycles. The molecule has 21 heavy (non-hydrogen) atoms. The number of benzene rings is 2. The average Bonchev–Trinajstić information content (AvgIpc) is 2.83. The number of ether oxygens (including phenoxy) is 3. The predicted molar refractivity (Wildman–Crippen MR) is 74.4 cm³/mol. The van der Waals surface area contributed by atoms with Crippen molar-refractivity contribution in [3.63, 3.8) is 0 Å². The van der Waals surface area contributed by atoms with Crippen molar-refractivity contribution in [3.05, 3.63) is 41.5 Å². The van der Waals surface area contributed by atoms with Gasteiger partial charge in [-0.05, 0) is 18.2 Å². The topological polar surface area (TPSA) is 68.2 Å². The fraction of sp³-hybridized carbons (Fsp3) is 0.250. The van der Waals surface area contributed by atoms with Crippen LogP contribution >= 0.6 is 0 Å². The van der Waals surface area contributed by atoms with Crippen molar-refractivity contribution >= 4 is 0 Å². The van der Waals surface area contributed by atoms with Gasteiger partial charge in [-0.15, -0.1) is 0 Å². The summed E-state index contributed by atoms with van der Waals surface area (Å²) in [5.74, 6) is 1.98. The molecule has 2 heterocycles. The zero-order valence-electron chi connectivity index (χ0n) is 11.4. The van der Waals surface area contributed by atoms with Crippen LogP contribution < -0.4 is 14.2 Å². The van der Waals surface area contributed by atoms with E-state index in [9.17, 15) is 10.2 Å². The van der Waals surface area contributed by atoms with E-state index in [0.29, 0.717) is 23.9 Å². The first-order chi connectivity index (χ1) is 10.2. The highest BCUT2D eigenvalue weighted by Gasteiger charge is 2.41. The molecule has 0 unspecified atom stereocenters. The smallest absolute Gasteiger partial charge is 0.161 e. The SMILES string of the molecule is COc1cc2c(cc1O)O[C@H]1c3ccc(O)cc3OC[C@@H]21. The number of rotatable bonds is 1. The first kappa shape index (κ1) is 12.2. The second-order valence-electron chi connectivity index (χ2n) is 5.24. The fourth-order valence-electron chi connectivity index (χ4n) is 3.02. The van der Waals surface area contributed by atoms with Crippen molar-refractivity contribution in [2.45, 2.75) is 12.0 Å². The third-order valence-electron chi connectivity index (χ3n) is 4.05. The van der Waals surface area contributed by atoms with Crippen LogP contribution in [0, 0.1) is 0 Å². The number of hydrogen-bond donors (Lipinski definition) is 2. The molecule has 2 aliphatic heterocycles. The van der Waals surface area contributed by atoms with Gasteiger partial charge in [0.15, 0.2) is 11.5 Å². The van der Waals surface area contributed by atoms with Crippen molar-refractivity contribution in [3.8, 4) is 28.7 Å². The molecule has 2 aliphatic rings. The van der Waals surface area contributed by atoms with E-state index in [4.69, 9.17) is 14.2 Å². The maximum atomic E-state index is 9.87. The van der Waals surface area contributed by atoms with E-state index in [0.717, 1.165) is 11.1 Å². The Labute approximate surface area is 121 Å². The van der Waals surface area contributed by atoms with E-state index in [1.165, 1.54) is 7.11 Å². The molecule has 0 fully saturated rings. The van der Waals surface area contributed by atoms with Gasteiger partial charge in [-0.3, -0.25) is 0 Å². The first-order valence-corrected chi connectivity index (χ1v) is 6.70. The molecule has 5 nitrogen and oxygen atoms in total. The van der Waals surface area contributed by atoms with Crippen molar-refractivity contribution in [1.29, 1.82) is 0 Å². The number of methoxy groups -OCH3 is 1. The van der Waals surface area contributed by atoms with Crippen LogP contribution in [0.4, 0.5) is 0 Å². The molecule has 0 amide bonds. The number of phenolic OH excluding ortho intramolecular Hbond substituents is 2. The summed E-state index contributed by atoms with van der Waals surface area (Å²) in [6.45, 7) is 0.460. The Morgan fingerprint density at radius 2 is 1.95 bits per heavy atom. The summed E-state index contributed by atoms with van der Waals surface area (Å²) in [6.07, 6.45) is -0.171. The molecule has 0 saturated heterocycles. The molecule has 108 valence electrons. The van der Waals surface area contributed by atoms with Gasteiger partial charge in [-0.2, -0.15) is 0 Å². The van der Waals surface area contributed by atoms with Gasteiger partial charge in [0.2, 0.25) is 0 Å². The lowest BCUT2D eigenvalue weighted by Crippen LogP contribution is -2.23.